The van der Waals surface area contributed by atoms with E-state index >= 15 is 0 Å². The van der Waals surface area contributed by atoms with E-state index in [-0.39, 0.29) is 183 Å². The summed E-state index contributed by atoms with van der Waals surface area (Å²) in [6, 6.07) is 0. The molecule has 60 heavy (non-hydrogen) atoms. The number of carbonyl (C=O) groups is 2. The molecule has 0 saturated heterocycles. The fraction of sp³-hybridized carbons (Fsp3) is 0.958. The van der Waals surface area contributed by atoms with Crippen LogP contribution in [0.15, 0.2) is 0 Å². The van der Waals surface area contributed by atoms with Crippen LogP contribution in [-0.2, 0) is 9.59 Å². The van der Waals surface area contributed by atoms with Gasteiger partial charge in [-0.3, -0.25) is 9.59 Å². The van der Waals surface area contributed by atoms with Crippen molar-refractivity contribution in [2.24, 2.45) is 92.7 Å². The molecule has 8 aliphatic carbocycles. The average Bonchev–Trinajstić information content (AvgIpc) is 3.70. The zero-order valence-electron chi connectivity index (χ0n) is 43.9. The molecule has 0 spiro atoms. The maximum atomic E-state index is 11.5. The summed E-state index contributed by atoms with van der Waals surface area (Å²) in [5, 5.41) is 61.5. The third-order valence-electron chi connectivity index (χ3n) is 20.6. The predicted molar refractivity (Wildman–Crippen MR) is 222 cm³/mol. The van der Waals surface area contributed by atoms with Crippen LogP contribution in [0.5, 0.6) is 0 Å². The summed E-state index contributed by atoms with van der Waals surface area (Å²) in [7, 11) is 0. The van der Waals surface area contributed by atoms with Crippen molar-refractivity contribution in [1.29, 1.82) is 0 Å². The van der Waals surface area contributed by atoms with Crippen molar-refractivity contribution in [3.05, 3.63) is 0 Å². The molecule has 0 aromatic heterocycles. The van der Waals surface area contributed by atoms with Crippen LogP contribution in [0.3, 0.4) is 0 Å². The Hall–Kier alpha value is 2.78. The fourth-order valence-corrected chi connectivity index (χ4v) is 17.4. The van der Waals surface area contributed by atoms with E-state index in [1.165, 1.54) is 38.5 Å². The molecule has 8 nitrogen and oxygen atoms in total. The van der Waals surface area contributed by atoms with Crippen molar-refractivity contribution < 1.29 is 164 Å². The molecule has 0 aromatic rings. The average molecular weight is 881 g/mol. The quantitative estimate of drug-likeness (QED) is 0.146. The number of carboxylic acids is 2. The Balaban J connectivity index is 0. The monoisotopic (exact) mass is 881 g/mol. The second kappa shape index (κ2) is 22.5. The maximum Gasteiger partial charge on any atom is 1.00 e. The normalized spacial score (nSPS) is 48.2. The van der Waals surface area contributed by atoms with E-state index in [1.54, 1.807) is 0 Å². The molecule has 8 aliphatic rings. The minimum absolute atomic E-state index is 0. The molecule has 0 amide bonds. The molecule has 6 unspecified atom stereocenters. The Morgan fingerprint density at radius 1 is 0.517 bits per heavy atom. The summed E-state index contributed by atoms with van der Waals surface area (Å²) in [5.41, 5.74) is 0.432. The van der Waals surface area contributed by atoms with Crippen molar-refractivity contribution in [2.45, 2.75) is 194 Å². The zero-order chi connectivity index (χ0) is 40.5. The summed E-state index contributed by atoms with van der Waals surface area (Å²) >= 11 is 0. The predicted octanol–water partition coefficient (Wildman–Crippen LogP) is -2.58. The van der Waals surface area contributed by atoms with Gasteiger partial charge in [0, 0.05) is 12.8 Å². The van der Waals surface area contributed by atoms with Crippen LogP contribution in [-0.4, -0.2) is 67.0 Å². The van der Waals surface area contributed by atoms with Crippen LogP contribution in [0.1, 0.15) is 176 Å². The summed E-state index contributed by atoms with van der Waals surface area (Å²) in [4.78, 5) is 22.1. The molecule has 20 atom stereocenters. The number of aliphatic hydroxyl groups excluding tert-OH is 4. The van der Waals surface area contributed by atoms with Crippen molar-refractivity contribution >= 4 is 11.9 Å². The first-order valence-electron chi connectivity index (χ1n) is 23.5. The standard InChI is InChI=1S/2C24H40O4.4Na.4H/c2*1-14(4-9-22(27)28)18-7-8-19-17-6-5-15-12-16(25)10-11-23(15,2)20(17)13-21(26)24(18,19)3;;;;;;;;/h2*14-21,25-26H,4-13H2,1-3H3,(H,27,28);;;;;;;;/q;;4*+1;4*-1/t2*14-,15-,16-,17?,18-,19?,20?,21+,23+,24-;;;;;;;;/m11......../s1. The van der Waals surface area contributed by atoms with Crippen LogP contribution in [0.4, 0.5) is 0 Å². The maximum absolute atomic E-state index is 11.5. The smallest absolute Gasteiger partial charge is 1.00 e. The minimum atomic E-state index is -0.707. The fourth-order valence-electron chi connectivity index (χ4n) is 17.4. The molecule has 8 saturated carbocycles. The summed E-state index contributed by atoms with van der Waals surface area (Å²) in [6.07, 6.45) is 18.5. The van der Waals surface area contributed by atoms with E-state index in [2.05, 4.69) is 41.5 Å². The van der Waals surface area contributed by atoms with Crippen molar-refractivity contribution in [2.75, 3.05) is 0 Å². The first-order valence-corrected chi connectivity index (χ1v) is 23.5. The molecule has 8 rings (SSSR count). The topological polar surface area (TPSA) is 156 Å². The molecule has 8 fully saturated rings. The second-order valence-corrected chi connectivity index (χ2v) is 22.6. The Bertz CT molecular complexity index is 1360. The molecule has 12 heteroatoms. The van der Waals surface area contributed by atoms with Gasteiger partial charge in [0.25, 0.3) is 0 Å². The van der Waals surface area contributed by atoms with Gasteiger partial charge in [-0.2, -0.15) is 0 Å². The van der Waals surface area contributed by atoms with Crippen LogP contribution in [0.2, 0.25) is 0 Å². The molecule has 6 N–H and O–H groups in total. The Labute approximate surface area is 458 Å². The Morgan fingerprint density at radius 2 is 0.867 bits per heavy atom. The number of aliphatic hydroxyl groups is 4. The first-order chi connectivity index (χ1) is 26.3. The molecule has 0 aliphatic heterocycles. The molecule has 0 bridgehead atoms. The van der Waals surface area contributed by atoms with Gasteiger partial charge in [0.15, 0.2) is 0 Å². The summed E-state index contributed by atoms with van der Waals surface area (Å²) in [5.74, 6) is 5.10. The number of rotatable bonds is 8. The SMILES string of the molecule is C[C@H](CCC(=O)O)[C@H]1CCC2C3CC[C@@H]4C[C@H](O)CC[C@]4(C)C3C[C@H](O)[C@@]21C.C[C@H](CCC(=O)O)[C@H]1CCC2C3CC[C@@H]4C[C@H](O)CC[C@]4(C)C3C[C@H](O)[C@@]21C.[H-].[H-].[H-].[H-].[Na+].[Na+].[Na+].[Na+]. The third kappa shape index (κ3) is 10.4. The first kappa shape index (κ1) is 57.1. The number of fused-ring (bicyclic) bond motifs is 10. The van der Waals surface area contributed by atoms with Crippen molar-refractivity contribution in [3.8, 4) is 0 Å². The molecule has 0 heterocycles. The van der Waals surface area contributed by atoms with Crippen molar-refractivity contribution in [3.63, 3.8) is 0 Å². The van der Waals surface area contributed by atoms with Gasteiger partial charge in [-0.05, 0) is 208 Å². The van der Waals surface area contributed by atoms with E-state index in [4.69, 9.17) is 10.2 Å². The van der Waals surface area contributed by atoms with Gasteiger partial charge in [0.05, 0.1) is 24.4 Å². The number of hydrogen-bond donors (Lipinski definition) is 6. The summed E-state index contributed by atoms with van der Waals surface area (Å²) in [6.45, 7) is 14.0. The number of carboxylic acid groups (broad SMARTS) is 2. The van der Waals surface area contributed by atoms with Crippen LogP contribution in [0.25, 0.3) is 0 Å². The van der Waals surface area contributed by atoms with Gasteiger partial charge in [-0.15, -0.1) is 0 Å². The van der Waals surface area contributed by atoms with Gasteiger partial charge in [-0.1, -0.05) is 41.5 Å². The van der Waals surface area contributed by atoms with Crippen LogP contribution < -0.4 is 118 Å². The van der Waals surface area contributed by atoms with Gasteiger partial charge in [0.1, 0.15) is 0 Å². The molecule has 0 aromatic carbocycles. The second-order valence-electron chi connectivity index (χ2n) is 22.6. The van der Waals surface area contributed by atoms with Crippen LogP contribution >= 0.6 is 0 Å². The van der Waals surface area contributed by atoms with E-state index in [9.17, 15) is 30.0 Å². The Morgan fingerprint density at radius 3 is 1.20 bits per heavy atom. The molecular weight excluding hydrogens is 796 g/mol. The van der Waals surface area contributed by atoms with Crippen molar-refractivity contribution in [1.82, 2.24) is 0 Å². The summed E-state index contributed by atoms with van der Waals surface area (Å²) < 4.78 is 0. The largest absolute Gasteiger partial charge is 1.00 e. The van der Waals surface area contributed by atoms with E-state index in [1.807, 2.05) is 0 Å². The van der Waals surface area contributed by atoms with E-state index < -0.39 is 11.9 Å². The molecule has 0 radical (unpaired) electrons. The van der Waals surface area contributed by atoms with Gasteiger partial charge in [-0.25, -0.2) is 0 Å². The minimum Gasteiger partial charge on any atom is -1.00 e. The number of hydrogen-bond acceptors (Lipinski definition) is 6. The van der Waals surface area contributed by atoms with Gasteiger partial charge in [0.2, 0.25) is 0 Å². The molecule has 328 valence electrons. The van der Waals surface area contributed by atoms with E-state index in [0.29, 0.717) is 71.0 Å². The number of aliphatic carboxylic acids is 2. The Kier molecular flexibility index (Phi) is 21.4. The zero-order valence-corrected chi connectivity index (χ0v) is 47.9. The van der Waals surface area contributed by atoms with Gasteiger partial charge >= 0.3 is 130 Å². The van der Waals surface area contributed by atoms with Crippen LogP contribution in [0, 0.1) is 92.7 Å². The van der Waals surface area contributed by atoms with Gasteiger partial charge < -0.3 is 36.3 Å². The third-order valence-corrected chi connectivity index (χ3v) is 20.6. The molecular formula is C48H84Na4O8. The van der Waals surface area contributed by atoms with E-state index in [0.717, 1.165) is 77.0 Å².